The highest BCUT2D eigenvalue weighted by atomic mass is 32.2. The van der Waals surface area contributed by atoms with Crippen LogP contribution in [0.25, 0.3) is 11.1 Å². The highest BCUT2D eigenvalue weighted by Gasteiger charge is 2.15. The first-order valence-electron chi connectivity index (χ1n) is 9.84. The van der Waals surface area contributed by atoms with Crippen LogP contribution in [-0.2, 0) is 10.1 Å². The lowest BCUT2D eigenvalue weighted by Gasteiger charge is -2.15. The number of carbonyl (C=O) groups excluding carboxylic acids is 2. The number of carbonyl (C=O) groups is 2. The molecule has 0 spiro atoms. The standard InChI is InChI=1S/C22H23N3O7S/c1-14(13-26)31-20-11-17(16-4-6-19(7-5-16)32-33(3,29)30)10-18(12-20)22(28)23-21-8-9-25(24-21)15(2)27/h4-12,14,26H,13H2,1-3H3,(H,23,24,28). The van der Waals surface area contributed by atoms with Crippen LogP contribution in [0.4, 0.5) is 5.82 Å². The number of hydrogen-bond donors (Lipinski definition) is 2. The number of aliphatic hydroxyl groups excluding tert-OH is 1. The van der Waals surface area contributed by atoms with E-state index in [1.165, 1.54) is 37.4 Å². The maximum atomic E-state index is 12.9. The summed E-state index contributed by atoms with van der Waals surface area (Å²) in [6, 6.07) is 12.6. The molecule has 10 nitrogen and oxygen atoms in total. The molecule has 33 heavy (non-hydrogen) atoms. The Bertz CT molecular complexity index is 1270. The Kier molecular flexibility index (Phi) is 7.14. The molecule has 1 atom stereocenters. The number of nitrogens with one attached hydrogen (secondary N) is 1. The molecule has 3 rings (SSSR count). The molecule has 0 saturated heterocycles. The maximum Gasteiger partial charge on any atom is 0.306 e. The molecular weight excluding hydrogens is 450 g/mol. The highest BCUT2D eigenvalue weighted by molar-refractivity contribution is 7.86. The van der Waals surface area contributed by atoms with Gasteiger partial charge in [0, 0.05) is 24.8 Å². The topological polar surface area (TPSA) is 137 Å². The third-order valence-corrected chi connectivity index (χ3v) is 4.85. The summed E-state index contributed by atoms with van der Waals surface area (Å²) in [7, 11) is -3.65. The Morgan fingerprint density at radius 3 is 2.36 bits per heavy atom. The molecule has 1 heterocycles. The third-order valence-electron chi connectivity index (χ3n) is 4.35. The molecule has 0 fully saturated rings. The number of rotatable bonds is 8. The van der Waals surface area contributed by atoms with E-state index >= 15 is 0 Å². The van der Waals surface area contributed by atoms with Crippen LogP contribution >= 0.6 is 0 Å². The molecule has 1 aromatic heterocycles. The van der Waals surface area contributed by atoms with Gasteiger partial charge in [-0.15, -0.1) is 5.10 Å². The predicted octanol–water partition coefficient (Wildman–Crippen LogP) is 2.56. The molecule has 0 aliphatic heterocycles. The first kappa shape index (κ1) is 24.0. The molecule has 1 unspecified atom stereocenters. The van der Waals surface area contributed by atoms with Crippen molar-refractivity contribution in [1.29, 1.82) is 0 Å². The fourth-order valence-electron chi connectivity index (χ4n) is 2.87. The van der Waals surface area contributed by atoms with Crippen molar-refractivity contribution in [3.05, 3.63) is 60.3 Å². The Balaban J connectivity index is 1.93. The summed E-state index contributed by atoms with van der Waals surface area (Å²) in [6.07, 6.45) is 1.88. The molecule has 0 bridgehead atoms. The quantitative estimate of drug-likeness (QED) is 0.476. The van der Waals surface area contributed by atoms with Gasteiger partial charge in [0.15, 0.2) is 5.82 Å². The number of aliphatic hydroxyl groups is 1. The van der Waals surface area contributed by atoms with Crippen molar-refractivity contribution in [2.45, 2.75) is 20.0 Å². The monoisotopic (exact) mass is 473 g/mol. The van der Waals surface area contributed by atoms with E-state index in [1.54, 1.807) is 31.2 Å². The van der Waals surface area contributed by atoms with Crippen LogP contribution < -0.4 is 14.2 Å². The van der Waals surface area contributed by atoms with Crippen LogP contribution in [0.15, 0.2) is 54.7 Å². The van der Waals surface area contributed by atoms with Crippen molar-refractivity contribution in [2.24, 2.45) is 0 Å². The normalized spacial score (nSPS) is 12.1. The smallest absolute Gasteiger partial charge is 0.306 e. The van der Waals surface area contributed by atoms with Crippen LogP contribution in [-0.4, -0.2) is 54.1 Å². The fraction of sp³-hybridized carbons (Fsp3) is 0.227. The van der Waals surface area contributed by atoms with Crippen molar-refractivity contribution in [3.8, 4) is 22.6 Å². The second-order valence-electron chi connectivity index (χ2n) is 7.29. The molecule has 0 saturated carbocycles. The summed E-state index contributed by atoms with van der Waals surface area (Å²) in [4.78, 5) is 24.3. The van der Waals surface area contributed by atoms with Crippen molar-refractivity contribution >= 4 is 27.8 Å². The van der Waals surface area contributed by atoms with Gasteiger partial charge in [-0.25, -0.2) is 4.68 Å². The van der Waals surface area contributed by atoms with Crippen LogP contribution in [0.5, 0.6) is 11.5 Å². The van der Waals surface area contributed by atoms with Crippen molar-refractivity contribution in [3.63, 3.8) is 0 Å². The van der Waals surface area contributed by atoms with Crippen molar-refractivity contribution < 1.29 is 32.0 Å². The first-order valence-corrected chi connectivity index (χ1v) is 11.7. The van der Waals surface area contributed by atoms with Gasteiger partial charge < -0.3 is 19.3 Å². The molecule has 0 aliphatic carbocycles. The third kappa shape index (κ3) is 6.64. The molecule has 2 aromatic carbocycles. The Labute approximate surface area is 190 Å². The van der Waals surface area contributed by atoms with Gasteiger partial charge in [-0.1, -0.05) is 12.1 Å². The van der Waals surface area contributed by atoms with Gasteiger partial charge in [-0.05, 0) is 48.4 Å². The van der Waals surface area contributed by atoms with E-state index in [2.05, 4.69) is 10.4 Å². The molecule has 2 N–H and O–H groups in total. The minimum atomic E-state index is -3.65. The number of benzene rings is 2. The SMILES string of the molecule is CC(=O)n1ccc(NC(=O)c2cc(OC(C)CO)cc(-c3ccc(OS(C)(=O)=O)cc3)c2)n1. The molecule has 1 amide bonds. The minimum absolute atomic E-state index is 0.154. The van der Waals surface area contributed by atoms with Gasteiger partial charge in [-0.2, -0.15) is 8.42 Å². The van der Waals surface area contributed by atoms with Crippen molar-refractivity contribution in [2.75, 3.05) is 18.2 Å². The number of aromatic nitrogens is 2. The lowest BCUT2D eigenvalue weighted by atomic mass is 10.0. The minimum Gasteiger partial charge on any atom is -0.488 e. The van der Waals surface area contributed by atoms with E-state index in [4.69, 9.17) is 8.92 Å². The molecule has 174 valence electrons. The summed E-state index contributed by atoms with van der Waals surface area (Å²) in [5.41, 5.74) is 1.54. The summed E-state index contributed by atoms with van der Waals surface area (Å²) in [6.45, 7) is 2.81. The Hall–Kier alpha value is -3.70. The fourth-order valence-corrected chi connectivity index (χ4v) is 3.33. The number of ether oxygens (including phenoxy) is 1. The predicted molar refractivity (Wildman–Crippen MR) is 121 cm³/mol. The number of nitrogens with zero attached hydrogens (tertiary/aromatic N) is 2. The number of hydrogen-bond acceptors (Lipinski definition) is 8. The van der Waals surface area contributed by atoms with E-state index in [-0.39, 0.29) is 29.6 Å². The summed E-state index contributed by atoms with van der Waals surface area (Å²) >= 11 is 0. The van der Waals surface area contributed by atoms with Crippen LogP contribution in [0.2, 0.25) is 0 Å². The highest BCUT2D eigenvalue weighted by Crippen LogP contribution is 2.29. The first-order chi connectivity index (χ1) is 15.5. The molecule has 0 aliphatic rings. The van der Waals surface area contributed by atoms with Crippen LogP contribution in [0.1, 0.15) is 29.0 Å². The largest absolute Gasteiger partial charge is 0.488 e. The zero-order valence-electron chi connectivity index (χ0n) is 18.2. The Morgan fingerprint density at radius 2 is 1.79 bits per heavy atom. The summed E-state index contributed by atoms with van der Waals surface area (Å²) < 4.78 is 34.3. The molecule has 11 heteroatoms. The summed E-state index contributed by atoms with van der Waals surface area (Å²) in [5.74, 6) is -0.0701. The Morgan fingerprint density at radius 1 is 1.09 bits per heavy atom. The second kappa shape index (κ2) is 9.84. The van der Waals surface area contributed by atoms with E-state index in [1.807, 2.05) is 0 Å². The zero-order chi connectivity index (χ0) is 24.2. The summed E-state index contributed by atoms with van der Waals surface area (Å²) in [5, 5.41) is 15.9. The van der Waals surface area contributed by atoms with E-state index in [0.29, 0.717) is 16.9 Å². The van der Waals surface area contributed by atoms with Gasteiger partial charge in [0.1, 0.15) is 17.6 Å². The molecule has 3 aromatic rings. The van der Waals surface area contributed by atoms with E-state index < -0.39 is 22.1 Å². The van der Waals surface area contributed by atoms with Crippen LogP contribution in [0.3, 0.4) is 0 Å². The average Bonchev–Trinajstić information content (AvgIpc) is 3.21. The maximum absolute atomic E-state index is 12.9. The number of anilines is 1. The van der Waals surface area contributed by atoms with Gasteiger partial charge in [0.2, 0.25) is 5.91 Å². The number of amides is 1. The molecule has 0 radical (unpaired) electrons. The van der Waals surface area contributed by atoms with E-state index in [9.17, 15) is 23.1 Å². The van der Waals surface area contributed by atoms with Gasteiger partial charge in [0.25, 0.3) is 5.91 Å². The molecular formula is C22H23N3O7S. The van der Waals surface area contributed by atoms with Gasteiger partial charge >= 0.3 is 10.1 Å². The van der Waals surface area contributed by atoms with Gasteiger partial charge in [0.05, 0.1) is 12.9 Å². The van der Waals surface area contributed by atoms with E-state index in [0.717, 1.165) is 10.9 Å². The zero-order valence-corrected chi connectivity index (χ0v) is 19.0. The second-order valence-corrected chi connectivity index (χ2v) is 8.86. The van der Waals surface area contributed by atoms with Crippen LogP contribution in [0, 0.1) is 0 Å². The lowest BCUT2D eigenvalue weighted by Crippen LogP contribution is -2.17. The lowest BCUT2D eigenvalue weighted by molar-refractivity contribution is 0.0919. The average molecular weight is 474 g/mol. The van der Waals surface area contributed by atoms with Gasteiger partial charge in [-0.3, -0.25) is 9.59 Å². The van der Waals surface area contributed by atoms with Crippen molar-refractivity contribution in [1.82, 2.24) is 9.78 Å².